The molecule has 0 aliphatic heterocycles. The van der Waals surface area contributed by atoms with Crippen LogP contribution in [0.3, 0.4) is 0 Å². The highest BCUT2D eigenvalue weighted by molar-refractivity contribution is 4.43. The van der Waals surface area contributed by atoms with E-state index in [9.17, 15) is 0 Å². The number of nitrogens with zero attached hydrogens (tertiary/aromatic N) is 2. The molecule has 0 spiro atoms. The van der Waals surface area contributed by atoms with Crippen molar-refractivity contribution >= 4 is 0 Å². The monoisotopic (exact) mass is 512 g/mol. The summed E-state index contributed by atoms with van der Waals surface area (Å²) in [5, 5.41) is 0. The van der Waals surface area contributed by atoms with Crippen molar-refractivity contribution in [3.63, 3.8) is 0 Å². The Bertz CT molecular complexity index is 185. The largest absolute Gasteiger partial charge is 1.00 e. The smallest absolute Gasteiger partial charge is 0.0784 e. The van der Waals surface area contributed by atoms with Crippen molar-refractivity contribution in [2.75, 3.05) is 54.4 Å². The summed E-state index contributed by atoms with van der Waals surface area (Å²) >= 11 is 0. The molecule has 20 heavy (non-hydrogen) atoms. The molecule has 126 valence electrons. The summed E-state index contributed by atoms with van der Waals surface area (Å²) in [6.07, 6.45) is 8.14. The highest BCUT2D eigenvalue weighted by Crippen LogP contribution is 2.08. The SMILES string of the molecule is CCCC[N+](C)(C)CCCC[N+](C)(C)CCCC.[I-].[I-]. The van der Waals surface area contributed by atoms with Crippen LogP contribution in [-0.4, -0.2) is 63.3 Å². The van der Waals surface area contributed by atoms with E-state index in [1.807, 2.05) is 0 Å². The van der Waals surface area contributed by atoms with Crippen molar-refractivity contribution < 1.29 is 56.9 Å². The zero-order valence-corrected chi connectivity index (χ0v) is 19.0. The molecule has 0 fully saturated rings. The molecule has 0 unspecified atom stereocenters. The second-order valence-electron chi connectivity index (χ2n) is 7.18. The Hall–Kier alpha value is 1.38. The molecule has 0 aliphatic rings. The molecule has 0 aromatic carbocycles. The summed E-state index contributed by atoms with van der Waals surface area (Å²) in [7, 11) is 9.53. The summed E-state index contributed by atoms with van der Waals surface area (Å²) in [6, 6.07) is 0. The molecule has 0 aliphatic carbocycles. The number of halogens is 2. The van der Waals surface area contributed by atoms with Crippen LogP contribution >= 0.6 is 0 Å². The lowest BCUT2D eigenvalue weighted by molar-refractivity contribution is -0.897. The van der Waals surface area contributed by atoms with Crippen molar-refractivity contribution in [2.45, 2.75) is 52.4 Å². The summed E-state index contributed by atoms with van der Waals surface area (Å²) in [6.45, 7) is 9.93. The first-order valence-corrected chi connectivity index (χ1v) is 7.97. The number of rotatable bonds is 11. The molecule has 0 amide bonds. The van der Waals surface area contributed by atoms with Crippen molar-refractivity contribution in [1.29, 1.82) is 0 Å². The van der Waals surface area contributed by atoms with Gasteiger partial charge in [0.1, 0.15) is 0 Å². The molecule has 0 saturated heterocycles. The van der Waals surface area contributed by atoms with E-state index in [-0.39, 0.29) is 48.0 Å². The van der Waals surface area contributed by atoms with E-state index >= 15 is 0 Å². The third-order valence-electron chi connectivity index (χ3n) is 4.01. The van der Waals surface area contributed by atoms with Gasteiger partial charge in [-0.05, 0) is 12.8 Å². The van der Waals surface area contributed by atoms with Crippen LogP contribution in [0, 0.1) is 0 Å². The van der Waals surface area contributed by atoms with Crippen LogP contribution < -0.4 is 48.0 Å². The summed E-state index contributed by atoms with van der Waals surface area (Å²) < 4.78 is 2.41. The first-order chi connectivity index (χ1) is 8.33. The third kappa shape index (κ3) is 15.8. The molecule has 0 radical (unpaired) electrons. The molecular formula is C16H38I2N2. The molecule has 0 N–H and O–H groups in total. The Labute approximate surface area is 162 Å². The molecule has 0 aromatic rings. The Morgan fingerprint density at radius 3 is 1.00 bits per heavy atom. The molecule has 0 rings (SSSR count). The van der Waals surface area contributed by atoms with Gasteiger partial charge >= 0.3 is 0 Å². The molecule has 0 aromatic heterocycles. The third-order valence-corrected chi connectivity index (χ3v) is 4.01. The maximum absolute atomic E-state index is 2.38. The van der Waals surface area contributed by atoms with Gasteiger partial charge < -0.3 is 56.9 Å². The number of quaternary nitrogens is 2. The van der Waals surface area contributed by atoms with E-state index in [1.54, 1.807) is 0 Å². The molecule has 2 nitrogen and oxygen atoms in total. The van der Waals surface area contributed by atoms with Crippen molar-refractivity contribution in [2.24, 2.45) is 0 Å². The van der Waals surface area contributed by atoms with Crippen molar-refractivity contribution in [3.05, 3.63) is 0 Å². The normalized spacial score (nSPS) is 11.7. The van der Waals surface area contributed by atoms with E-state index < -0.39 is 0 Å². The highest BCUT2D eigenvalue weighted by Gasteiger charge is 2.16. The second-order valence-corrected chi connectivity index (χ2v) is 7.18. The Kier molecular flexibility index (Phi) is 18.4. The van der Waals surface area contributed by atoms with Gasteiger partial charge in [0.15, 0.2) is 0 Å². The second kappa shape index (κ2) is 14.0. The summed E-state index contributed by atoms with van der Waals surface area (Å²) in [5.41, 5.74) is 0. The van der Waals surface area contributed by atoms with Crippen LogP contribution in [0.25, 0.3) is 0 Å². The van der Waals surface area contributed by atoms with Crippen molar-refractivity contribution in [3.8, 4) is 0 Å². The van der Waals surface area contributed by atoms with Gasteiger partial charge in [-0.2, -0.15) is 0 Å². The maximum atomic E-state index is 2.38. The first-order valence-electron chi connectivity index (χ1n) is 7.97. The zero-order valence-electron chi connectivity index (χ0n) is 14.7. The molecular weight excluding hydrogens is 474 g/mol. The Morgan fingerprint density at radius 1 is 0.500 bits per heavy atom. The van der Waals surface area contributed by atoms with Crippen LogP contribution in [0.15, 0.2) is 0 Å². The Balaban J connectivity index is -0.00000144. The van der Waals surface area contributed by atoms with Gasteiger partial charge in [0, 0.05) is 12.8 Å². The van der Waals surface area contributed by atoms with Gasteiger partial charge in [-0.3, -0.25) is 0 Å². The number of hydrogen-bond acceptors (Lipinski definition) is 0. The standard InChI is InChI=1S/C16H38N2.2HI/c1-7-9-13-17(3,4)15-11-12-16-18(5,6)14-10-8-2;;/h7-16H2,1-6H3;2*1H/q+2;;/p-2. The molecule has 0 bridgehead atoms. The predicted molar refractivity (Wildman–Crippen MR) is 82.7 cm³/mol. The van der Waals surface area contributed by atoms with Gasteiger partial charge in [0.25, 0.3) is 0 Å². The Morgan fingerprint density at radius 2 is 0.750 bits per heavy atom. The fraction of sp³-hybridized carbons (Fsp3) is 1.00. The lowest BCUT2D eigenvalue weighted by Gasteiger charge is -2.32. The summed E-state index contributed by atoms with van der Waals surface area (Å²) in [5.74, 6) is 0. The van der Waals surface area contributed by atoms with Gasteiger partial charge in [-0.25, -0.2) is 0 Å². The predicted octanol–water partition coefficient (Wildman–Crippen LogP) is -2.47. The lowest BCUT2D eigenvalue weighted by Crippen LogP contribution is -3.00. The quantitative estimate of drug-likeness (QED) is 0.164. The van der Waals surface area contributed by atoms with E-state index in [2.05, 4.69) is 42.0 Å². The van der Waals surface area contributed by atoms with Crippen LogP contribution in [0.2, 0.25) is 0 Å². The molecule has 0 heterocycles. The zero-order chi connectivity index (χ0) is 14.1. The van der Waals surface area contributed by atoms with Crippen LogP contribution in [0.4, 0.5) is 0 Å². The molecule has 0 saturated carbocycles. The van der Waals surface area contributed by atoms with Crippen LogP contribution in [0.5, 0.6) is 0 Å². The lowest BCUT2D eigenvalue weighted by atomic mass is 10.2. The molecule has 0 atom stereocenters. The average molecular weight is 512 g/mol. The maximum Gasteiger partial charge on any atom is 0.0784 e. The first kappa shape index (κ1) is 26.3. The summed E-state index contributed by atoms with van der Waals surface area (Å²) in [4.78, 5) is 0. The van der Waals surface area contributed by atoms with Crippen LogP contribution in [0.1, 0.15) is 52.4 Å². The van der Waals surface area contributed by atoms with Gasteiger partial charge in [0.2, 0.25) is 0 Å². The highest BCUT2D eigenvalue weighted by atomic mass is 127. The van der Waals surface area contributed by atoms with E-state index in [1.165, 1.54) is 73.7 Å². The van der Waals surface area contributed by atoms with Gasteiger partial charge in [0.05, 0.1) is 54.4 Å². The fourth-order valence-corrected chi connectivity index (χ4v) is 2.48. The van der Waals surface area contributed by atoms with E-state index in [4.69, 9.17) is 0 Å². The van der Waals surface area contributed by atoms with Crippen LogP contribution in [-0.2, 0) is 0 Å². The van der Waals surface area contributed by atoms with Gasteiger partial charge in [-0.1, -0.05) is 26.7 Å². The molecule has 4 heteroatoms. The fourth-order valence-electron chi connectivity index (χ4n) is 2.48. The minimum Gasteiger partial charge on any atom is -1.00 e. The van der Waals surface area contributed by atoms with Gasteiger partial charge in [-0.15, -0.1) is 0 Å². The minimum atomic E-state index is 0. The van der Waals surface area contributed by atoms with E-state index in [0.717, 1.165) is 0 Å². The number of unbranched alkanes of at least 4 members (excludes halogenated alkanes) is 3. The average Bonchev–Trinajstić information content (AvgIpc) is 2.30. The van der Waals surface area contributed by atoms with E-state index in [0.29, 0.717) is 0 Å². The minimum absolute atomic E-state index is 0. The number of hydrogen-bond donors (Lipinski definition) is 0. The van der Waals surface area contributed by atoms with Crippen molar-refractivity contribution in [1.82, 2.24) is 0 Å². The topological polar surface area (TPSA) is 0 Å².